The molecule has 202 valence electrons. The fraction of sp³-hybridized carbons (Fsp3) is 0.161. The van der Waals surface area contributed by atoms with Crippen molar-refractivity contribution in [2.75, 3.05) is 19.1 Å². The van der Waals surface area contributed by atoms with Crippen molar-refractivity contribution >= 4 is 28.5 Å². The zero-order valence-corrected chi connectivity index (χ0v) is 22.2. The molecule has 0 unspecified atom stereocenters. The van der Waals surface area contributed by atoms with Gasteiger partial charge in [0.25, 0.3) is 0 Å². The van der Waals surface area contributed by atoms with Gasteiger partial charge >= 0.3 is 0 Å². The number of carbonyl (C=O) groups excluding carboxylic acids is 2. The average Bonchev–Trinajstić information content (AvgIpc) is 3.41. The summed E-state index contributed by atoms with van der Waals surface area (Å²) in [5.41, 5.74) is 3.46. The van der Waals surface area contributed by atoms with Crippen molar-refractivity contribution in [3.05, 3.63) is 114 Å². The summed E-state index contributed by atoms with van der Waals surface area (Å²) in [5.74, 6) is 0.508. The minimum Gasteiger partial charge on any atom is -0.497 e. The first-order valence-corrected chi connectivity index (χ1v) is 12.8. The van der Waals surface area contributed by atoms with E-state index in [1.54, 1.807) is 62.8 Å². The van der Waals surface area contributed by atoms with E-state index in [4.69, 9.17) is 9.47 Å². The Hall–Kier alpha value is -5.18. The standard InChI is InChI=1S/C31H29N5O4/c1-39-25-17-15-23(16-18-25)30(31(38)32-20-22-9-4-3-5-10-22)36(24-11-8-12-26(19-24)40-2)29(37)21-35-28-14-7-6-13-27(28)33-34-35/h3-19,30H,20-21H2,1-2H3,(H,32,38)/t30-/m0/s1. The summed E-state index contributed by atoms with van der Waals surface area (Å²) in [5, 5.41) is 11.4. The van der Waals surface area contributed by atoms with Crippen LogP contribution < -0.4 is 19.7 Å². The Bertz CT molecular complexity index is 1600. The highest BCUT2D eigenvalue weighted by Crippen LogP contribution is 2.32. The van der Waals surface area contributed by atoms with Crippen molar-refractivity contribution in [2.24, 2.45) is 0 Å². The first-order valence-electron chi connectivity index (χ1n) is 12.8. The van der Waals surface area contributed by atoms with E-state index < -0.39 is 6.04 Å². The SMILES string of the molecule is COc1ccc([C@@H](C(=O)NCc2ccccc2)N(C(=O)Cn2nnc3ccccc32)c2cccc(OC)c2)cc1. The van der Waals surface area contributed by atoms with Crippen LogP contribution in [-0.2, 0) is 22.7 Å². The molecule has 0 radical (unpaired) electrons. The summed E-state index contributed by atoms with van der Waals surface area (Å²) in [6, 6.07) is 30.2. The van der Waals surface area contributed by atoms with Gasteiger partial charge in [-0.15, -0.1) is 5.10 Å². The van der Waals surface area contributed by atoms with Crippen LogP contribution in [0.4, 0.5) is 5.69 Å². The van der Waals surface area contributed by atoms with Crippen molar-refractivity contribution in [3.8, 4) is 11.5 Å². The topological polar surface area (TPSA) is 98.6 Å². The fourth-order valence-electron chi connectivity index (χ4n) is 4.52. The van der Waals surface area contributed by atoms with E-state index in [9.17, 15) is 9.59 Å². The number of ether oxygens (including phenoxy) is 2. The summed E-state index contributed by atoms with van der Waals surface area (Å²) in [4.78, 5) is 29.6. The van der Waals surface area contributed by atoms with Crippen LogP contribution in [0.3, 0.4) is 0 Å². The second-order valence-electron chi connectivity index (χ2n) is 9.08. The zero-order valence-electron chi connectivity index (χ0n) is 22.2. The first-order chi connectivity index (χ1) is 19.6. The summed E-state index contributed by atoms with van der Waals surface area (Å²) in [6.07, 6.45) is 0. The van der Waals surface area contributed by atoms with E-state index in [0.717, 1.165) is 11.1 Å². The largest absolute Gasteiger partial charge is 0.497 e. The van der Waals surface area contributed by atoms with Crippen LogP contribution in [0.1, 0.15) is 17.2 Å². The summed E-state index contributed by atoms with van der Waals surface area (Å²) >= 11 is 0. The number of fused-ring (bicyclic) bond motifs is 1. The second kappa shape index (κ2) is 12.1. The Morgan fingerprint density at radius 3 is 2.33 bits per heavy atom. The Balaban J connectivity index is 1.57. The van der Waals surface area contributed by atoms with Gasteiger partial charge in [0.2, 0.25) is 11.8 Å². The van der Waals surface area contributed by atoms with Gasteiger partial charge in [-0.2, -0.15) is 0 Å². The zero-order chi connectivity index (χ0) is 27.9. The molecule has 0 bridgehead atoms. The van der Waals surface area contributed by atoms with E-state index in [0.29, 0.717) is 34.8 Å². The number of carbonyl (C=O) groups is 2. The normalized spacial score (nSPS) is 11.6. The maximum atomic E-state index is 14.2. The van der Waals surface area contributed by atoms with Gasteiger partial charge in [0, 0.05) is 18.3 Å². The van der Waals surface area contributed by atoms with Gasteiger partial charge in [0.1, 0.15) is 29.6 Å². The maximum absolute atomic E-state index is 14.2. The summed E-state index contributed by atoms with van der Waals surface area (Å²) in [6.45, 7) is 0.177. The molecule has 0 aliphatic heterocycles. The number of methoxy groups -OCH3 is 2. The van der Waals surface area contributed by atoms with Crippen molar-refractivity contribution in [1.29, 1.82) is 0 Å². The Kier molecular flexibility index (Phi) is 8.01. The molecule has 2 amide bonds. The predicted molar refractivity (Wildman–Crippen MR) is 152 cm³/mol. The molecule has 40 heavy (non-hydrogen) atoms. The summed E-state index contributed by atoms with van der Waals surface area (Å²) < 4.78 is 12.3. The molecule has 1 N–H and O–H groups in total. The number of anilines is 1. The quantitative estimate of drug-likeness (QED) is 0.282. The van der Waals surface area contributed by atoms with Crippen molar-refractivity contribution in [2.45, 2.75) is 19.1 Å². The number of benzene rings is 4. The molecule has 9 nitrogen and oxygen atoms in total. The number of para-hydroxylation sites is 1. The first kappa shape index (κ1) is 26.4. The lowest BCUT2D eigenvalue weighted by Gasteiger charge is -2.32. The summed E-state index contributed by atoms with van der Waals surface area (Å²) in [7, 11) is 3.13. The van der Waals surface area contributed by atoms with Crippen molar-refractivity contribution in [3.63, 3.8) is 0 Å². The number of aromatic nitrogens is 3. The molecule has 4 aromatic carbocycles. The molecule has 1 atom stereocenters. The molecule has 0 spiro atoms. The fourth-order valence-corrected chi connectivity index (χ4v) is 4.52. The van der Waals surface area contributed by atoms with E-state index in [-0.39, 0.29) is 18.4 Å². The van der Waals surface area contributed by atoms with Crippen LogP contribution in [0.5, 0.6) is 11.5 Å². The minimum absolute atomic E-state index is 0.129. The average molecular weight is 536 g/mol. The highest BCUT2D eigenvalue weighted by atomic mass is 16.5. The lowest BCUT2D eigenvalue weighted by molar-refractivity contribution is -0.127. The predicted octanol–water partition coefficient (Wildman–Crippen LogP) is 4.54. The molecule has 9 heteroatoms. The molecule has 5 rings (SSSR count). The molecule has 0 fully saturated rings. The van der Waals surface area contributed by atoms with Crippen LogP contribution in [0.15, 0.2) is 103 Å². The number of hydrogen-bond acceptors (Lipinski definition) is 6. The number of hydrogen-bond donors (Lipinski definition) is 1. The van der Waals surface area contributed by atoms with E-state index in [1.807, 2.05) is 54.6 Å². The van der Waals surface area contributed by atoms with Crippen LogP contribution in [0, 0.1) is 0 Å². The molecular weight excluding hydrogens is 506 g/mol. The molecule has 0 aliphatic carbocycles. The van der Waals surface area contributed by atoms with Gasteiger partial charge in [0.15, 0.2) is 0 Å². The molecular formula is C31H29N5O4. The molecule has 0 aliphatic rings. The third-order valence-electron chi connectivity index (χ3n) is 6.55. The van der Waals surface area contributed by atoms with Crippen molar-refractivity contribution < 1.29 is 19.1 Å². The van der Waals surface area contributed by atoms with E-state index in [2.05, 4.69) is 15.6 Å². The highest BCUT2D eigenvalue weighted by Gasteiger charge is 2.33. The third-order valence-corrected chi connectivity index (χ3v) is 6.55. The van der Waals surface area contributed by atoms with Gasteiger partial charge in [-0.1, -0.05) is 65.9 Å². The number of nitrogens with one attached hydrogen (secondary N) is 1. The lowest BCUT2D eigenvalue weighted by Crippen LogP contribution is -2.45. The van der Waals surface area contributed by atoms with Gasteiger partial charge in [-0.25, -0.2) is 4.68 Å². The number of rotatable bonds is 10. The van der Waals surface area contributed by atoms with Crippen LogP contribution in [0.2, 0.25) is 0 Å². The van der Waals surface area contributed by atoms with Crippen LogP contribution in [-0.4, -0.2) is 41.0 Å². The lowest BCUT2D eigenvalue weighted by atomic mass is 10.0. The Morgan fingerprint density at radius 2 is 1.57 bits per heavy atom. The second-order valence-corrected chi connectivity index (χ2v) is 9.08. The molecule has 1 heterocycles. The van der Waals surface area contributed by atoms with E-state index in [1.165, 1.54) is 9.58 Å². The molecule has 0 saturated carbocycles. The molecule has 5 aromatic rings. The van der Waals surface area contributed by atoms with Crippen LogP contribution in [0.25, 0.3) is 11.0 Å². The van der Waals surface area contributed by atoms with Gasteiger partial charge in [0.05, 0.1) is 19.7 Å². The number of nitrogens with zero attached hydrogens (tertiary/aromatic N) is 4. The maximum Gasteiger partial charge on any atom is 0.249 e. The minimum atomic E-state index is -0.996. The van der Waals surface area contributed by atoms with Gasteiger partial charge in [-0.05, 0) is 47.5 Å². The monoisotopic (exact) mass is 535 g/mol. The van der Waals surface area contributed by atoms with Crippen molar-refractivity contribution in [1.82, 2.24) is 20.3 Å². The van der Waals surface area contributed by atoms with Gasteiger partial charge < -0.3 is 14.8 Å². The van der Waals surface area contributed by atoms with E-state index >= 15 is 0 Å². The van der Waals surface area contributed by atoms with Gasteiger partial charge in [-0.3, -0.25) is 14.5 Å². The third kappa shape index (κ3) is 5.78. The Labute approximate surface area is 231 Å². The Morgan fingerprint density at radius 1 is 0.850 bits per heavy atom. The van der Waals surface area contributed by atoms with Crippen LogP contribution >= 0.6 is 0 Å². The number of amides is 2. The molecule has 1 aromatic heterocycles. The smallest absolute Gasteiger partial charge is 0.249 e. The highest BCUT2D eigenvalue weighted by molar-refractivity contribution is 6.01. The molecule has 0 saturated heterocycles.